The van der Waals surface area contributed by atoms with Crippen molar-refractivity contribution in [1.29, 1.82) is 0 Å². The summed E-state index contributed by atoms with van der Waals surface area (Å²) in [7, 11) is -3.64. The third kappa shape index (κ3) is 3.94. The van der Waals surface area contributed by atoms with Crippen LogP contribution in [0.5, 0.6) is 0 Å². The number of halogens is 1. The highest BCUT2D eigenvalue weighted by atomic mass is 32.2. The Morgan fingerprint density at radius 3 is 2.53 bits per heavy atom. The van der Waals surface area contributed by atoms with E-state index in [0.29, 0.717) is 43.7 Å². The average molecular weight is 432 g/mol. The number of anilines is 2. The Balaban J connectivity index is 1.49. The van der Waals surface area contributed by atoms with Crippen molar-refractivity contribution in [2.75, 3.05) is 23.7 Å². The molecule has 0 aliphatic carbocycles. The van der Waals surface area contributed by atoms with Crippen LogP contribution in [0.15, 0.2) is 47.4 Å². The van der Waals surface area contributed by atoms with Crippen LogP contribution < -0.4 is 10.6 Å². The van der Waals surface area contributed by atoms with Gasteiger partial charge in [-0.05, 0) is 48.7 Å². The normalized spacial score (nSPS) is 19.8. The van der Waals surface area contributed by atoms with E-state index in [1.165, 1.54) is 10.4 Å². The zero-order valence-corrected chi connectivity index (χ0v) is 17.9. The fraction of sp³-hybridized carbons (Fsp3) is 0.409. The number of amides is 1. The van der Waals surface area contributed by atoms with E-state index in [0.717, 1.165) is 5.56 Å². The number of para-hydroxylation sites is 1. The minimum absolute atomic E-state index is 0.0195. The molecule has 2 aliphatic heterocycles. The van der Waals surface area contributed by atoms with Crippen molar-refractivity contribution < 1.29 is 17.6 Å². The van der Waals surface area contributed by atoms with Gasteiger partial charge in [0.05, 0.1) is 10.6 Å². The molecule has 0 aromatic heterocycles. The summed E-state index contributed by atoms with van der Waals surface area (Å²) in [4.78, 5) is 12.1. The molecule has 2 aromatic carbocycles. The van der Waals surface area contributed by atoms with E-state index in [4.69, 9.17) is 0 Å². The molecule has 1 saturated heterocycles. The molecule has 0 atom stereocenters. The first-order valence-corrected chi connectivity index (χ1v) is 11.6. The number of hydrogen-bond donors (Lipinski definition) is 2. The molecule has 2 aliphatic rings. The highest BCUT2D eigenvalue weighted by Crippen LogP contribution is 2.38. The molecule has 6 nitrogen and oxygen atoms in total. The van der Waals surface area contributed by atoms with Crippen LogP contribution >= 0.6 is 0 Å². The average Bonchev–Trinajstić information content (AvgIpc) is 2.69. The molecular formula is C22H26FN3O3S. The van der Waals surface area contributed by atoms with Gasteiger partial charge in [-0.15, -0.1) is 0 Å². The number of nitrogens with one attached hydrogen (secondary N) is 2. The van der Waals surface area contributed by atoms with E-state index in [2.05, 4.69) is 10.6 Å². The van der Waals surface area contributed by atoms with Crippen LogP contribution in [0.4, 0.5) is 15.8 Å². The SMILES string of the molecule is CC1(C)CC(=O)Nc2ccc(S(=O)(=O)N3CCC(Nc4ccccc4F)CC3)cc21. The van der Waals surface area contributed by atoms with Crippen LogP contribution in [0.3, 0.4) is 0 Å². The zero-order valence-electron chi connectivity index (χ0n) is 17.1. The summed E-state index contributed by atoms with van der Waals surface area (Å²) in [5.41, 5.74) is 1.51. The Morgan fingerprint density at radius 1 is 1.13 bits per heavy atom. The van der Waals surface area contributed by atoms with Crippen molar-refractivity contribution in [3.63, 3.8) is 0 Å². The first-order valence-electron chi connectivity index (χ1n) is 10.1. The van der Waals surface area contributed by atoms with Gasteiger partial charge in [-0.1, -0.05) is 26.0 Å². The number of carbonyl (C=O) groups is 1. The summed E-state index contributed by atoms with van der Waals surface area (Å²) < 4.78 is 41.8. The molecule has 160 valence electrons. The summed E-state index contributed by atoms with van der Waals surface area (Å²) in [5.74, 6) is -0.371. The van der Waals surface area contributed by atoms with Gasteiger partial charge in [0.25, 0.3) is 0 Å². The number of piperidine rings is 1. The lowest BCUT2D eigenvalue weighted by Gasteiger charge is -2.34. The van der Waals surface area contributed by atoms with Gasteiger partial charge in [-0.3, -0.25) is 4.79 Å². The van der Waals surface area contributed by atoms with E-state index in [9.17, 15) is 17.6 Å². The number of rotatable bonds is 4. The highest BCUT2D eigenvalue weighted by molar-refractivity contribution is 7.89. The minimum Gasteiger partial charge on any atom is -0.380 e. The van der Waals surface area contributed by atoms with Crippen LogP contribution in [-0.2, 0) is 20.2 Å². The molecule has 1 fully saturated rings. The predicted octanol–water partition coefficient (Wildman–Crippen LogP) is 3.71. The Hall–Kier alpha value is -2.45. The second kappa shape index (κ2) is 7.67. The second-order valence-corrected chi connectivity index (χ2v) is 10.6. The van der Waals surface area contributed by atoms with Crippen LogP contribution in [0.1, 0.15) is 38.7 Å². The van der Waals surface area contributed by atoms with Crippen LogP contribution in [0, 0.1) is 5.82 Å². The fourth-order valence-electron chi connectivity index (χ4n) is 4.23. The molecule has 2 aromatic rings. The first kappa shape index (κ1) is 20.8. The van der Waals surface area contributed by atoms with Gasteiger partial charge in [-0.2, -0.15) is 4.31 Å². The number of benzene rings is 2. The van der Waals surface area contributed by atoms with Crippen molar-refractivity contribution in [1.82, 2.24) is 4.31 Å². The zero-order chi connectivity index (χ0) is 21.5. The fourth-order valence-corrected chi connectivity index (χ4v) is 5.73. The largest absolute Gasteiger partial charge is 0.380 e. The van der Waals surface area contributed by atoms with E-state index in [1.54, 1.807) is 36.4 Å². The highest BCUT2D eigenvalue weighted by Gasteiger charge is 2.35. The topological polar surface area (TPSA) is 78.5 Å². The van der Waals surface area contributed by atoms with Crippen molar-refractivity contribution in [3.05, 3.63) is 53.8 Å². The van der Waals surface area contributed by atoms with Crippen LogP contribution in [0.25, 0.3) is 0 Å². The molecule has 2 N–H and O–H groups in total. The maximum Gasteiger partial charge on any atom is 0.243 e. The van der Waals surface area contributed by atoms with E-state index in [1.807, 2.05) is 13.8 Å². The number of nitrogens with zero attached hydrogens (tertiary/aromatic N) is 1. The molecule has 0 unspecified atom stereocenters. The molecular weight excluding hydrogens is 405 g/mol. The predicted molar refractivity (Wildman–Crippen MR) is 115 cm³/mol. The number of fused-ring (bicyclic) bond motifs is 1. The molecule has 4 rings (SSSR count). The van der Waals surface area contributed by atoms with Gasteiger partial charge in [0.2, 0.25) is 15.9 Å². The smallest absolute Gasteiger partial charge is 0.243 e. The molecule has 0 bridgehead atoms. The number of hydrogen-bond acceptors (Lipinski definition) is 4. The molecule has 1 amide bonds. The monoisotopic (exact) mass is 431 g/mol. The Morgan fingerprint density at radius 2 is 1.83 bits per heavy atom. The summed E-state index contributed by atoms with van der Waals surface area (Å²) in [5, 5.41) is 6.00. The van der Waals surface area contributed by atoms with Gasteiger partial charge in [0, 0.05) is 36.7 Å². The van der Waals surface area contributed by atoms with Gasteiger partial charge in [0.1, 0.15) is 5.82 Å². The molecule has 0 radical (unpaired) electrons. The van der Waals surface area contributed by atoms with Crippen molar-refractivity contribution in [2.45, 2.75) is 49.5 Å². The van der Waals surface area contributed by atoms with Crippen molar-refractivity contribution >= 4 is 27.3 Å². The van der Waals surface area contributed by atoms with E-state index >= 15 is 0 Å². The molecule has 2 heterocycles. The molecule has 8 heteroatoms. The van der Waals surface area contributed by atoms with Crippen molar-refractivity contribution in [2.24, 2.45) is 0 Å². The lowest BCUT2D eigenvalue weighted by molar-refractivity contribution is -0.117. The van der Waals surface area contributed by atoms with Gasteiger partial charge in [0.15, 0.2) is 0 Å². The third-order valence-electron chi connectivity index (χ3n) is 5.92. The number of carbonyl (C=O) groups excluding carboxylic acids is 1. The third-order valence-corrected chi connectivity index (χ3v) is 7.82. The van der Waals surface area contributed by atoms with Crippen LogP contribution in [0.2, 0.25) is 0 Å². The summed E-state index contributed by atoms with van der Waals surface area (Å²) in [6.07, 6.45) is 1.51. The summed E-state index contributed by atoms with van der Waals surface area (Å²) in [6, 6.07) is 11.4. The van der Waals surface area contributed by atoms with E-state index in [-0.39, 0.29) is 22.7 Å². The Labute approximate surface area is 176 Å². The van der Waals surface area contributed by atoms with E-state index < -0.39 is 15.4 Å². The first-order chi connectivity index (χ1) is 14.2. The minimum atomic E-state index is -3.64. The maximum atomic E-state index is 13.9. The summed E-state index contributed by atoms with van der Waals surface area (Å²) >= 11 is 0. The van der Waals surface area contributed by atoms with Gasteiger partial charge < -0.3 is 10.6 Å². The lowest BCUT2D eigenvalue weighted by Crippen LogP contribution is -2.42. The maximum absolute atomic E-state index is 13.9. The standard InChI is InChI=1S/C22H26FN3O3S/c1-22(2)14-21(27)25-19-8-7-16(13-17(19)22)30(28,29)26-11-9-15(10-12-26)24-20-6-4-3-5-18(20)23/h3-8,13,15,24H,9-12,14H2,1-2H3,(H,25,27). The summed E-state index contributed by atoms with van der Waals surface area (Å²) in [6.45, 7) is 4.62. The quantitative estimate of drug-likeness (QED) is 0.774. The Bertz CT molecular complexity index is 1080. The second-order valence-electron chi connectivity index (χ2n) is 8.62. The van der Waals surface area contributed by atoms with Crippen LogP contribution in [-0.4, -0.2) is 37.8 Å². The Kier molecular flexibility index (Phi) is 5.32. The lowest BCUT2D eigenvalue weighted by atomic mass is 9.78. The molecule has 30 heavy (non-hydrogen) atoms. The van der Waals surface area contributed by atoms with Gasteiger partial charge >= 0.3 is 0 Å². The number of sulfonamides is 1. The molecule has 0 spiro atoms. The van der Waals surface area contributed by atoms with Gasteiger partial charge in [-0.25, -0.2) is 12.8 Å². The molecule has 0 saturated carbocycles. The van der Waals surface area contributed by atoms with Crippen molar-refractivity contribution in [3.8, 4) is 0 Å².